The Labute approximate surface area is 198 Å². The Balaban J connectivity index is 1.36. The summed E-state index contributed by atoms with van der Waals surface area (Å²) in [6.45, 7) is 0.872. The van der Waals surface area contributed by atoms with Gasteiger partial charge in [-0.05, 0) is 42.7 Å². The molecular weight excluding hydrogens is 434 g/mol. The van der Waals surface area contributed by atoms with Gasteiger partial charge in [0.25, 0.3) is 0 Å². The minimum atomic E-state index is -0.907. The predicted molar refractivity (Wildman–Crippen MR) is 127 cm³/mol. The normalized spacial score (nSPS) is 16.3. The van der Waals surface area contributed by atoms with Crippen LogP contribution in [0.15, 0.2) is 60.7 Å². The highest BCUT2D eigenvalue weighted by molar-refractivity contribution is 5.84. The van der Waals surface area contributed by atoms with E-state index in [2.05, 4.69) is 4.98 Å². The average molecular weight is 464 g/mol. The number of rotatable bonds is 7. The van der Waals surface area contributed by atoms with Crippen molar-refractivity contribution in [2.75, 3.05) is 27.2 Å². The molecule has 0 spiro atoms. The number of para-hydroxylation sites is 1. The first-order chi connectivity index (χ1) is 16.5. The van der Waals surface area contributed by atoms with Gasteiger partial charge in [0.05, 0.1) is 31.0 Å². The summed E-state index contributed by atoms with van der Waals surface area (Å²) in [5, 5.41) is 11.8. The Morgan fingerprint density at radius 2 is 2.00 bits per heavy atom. The van der Waals surface area contributed by atoms with Crippen molar-refractivity contribution in [1.29, 1.82) is 0 Å². The number of benzene rings is 2. The molecule has 2 heterocycles. The van der Waals surface area contributed by atoms with Crippen LogP contribution in [0.3, 0.4) is 0 Å². The molecule has 1 saturated heterocycles. The number of likely N-dealkylation sites (tertiary alicyclic amines) is 1. The van der Waals surface area contributed by atoms with Gasteiger partial charge in [-0.25, -0.2) is 14.6 Å². The predicted octanol–water partition coefficient (Wildman–Crippen LogP) is 3.54. The number of hydrogen-bond acceptors (Lipinski definition) is 6. The summed E-state index contributed by atoms with van der Waals surface area (Å²) in [7, 11) is 2.94. The molecule has 8 nitrogen and oxygen atoms in total. The van der Waals surface area contributed by atoms with E-state index < -0.39 is 18.1 Å². The van der Waals surface area contributed by atoms with Crippen molar-refractivity contribution in [3.05, 3.63) is 71.9 Å². The number of aliphatic hydroxyl groups is 1. The highest BCUT2D eigenvalue weighted by Crippen LogP contribution is 2.24. The number of carbonyl (C=O) groups is 2. The molecule has 0 saturated carbocycles. The fraction of sp³-hybridized carbons (Fsp3) is 0.346. The minimum absolute atomic E-state index is 0.0823. The van der Waals surface area contributed by atoms with Gasteiger partial charge in [-0.2, -0.15) is 0 Å². The second kappa shape index (κ2) is 10.5. The summed E-state index contributed by atoms with van der Waals surface area (Å²) in [5.41, 5.74) is 2.35. The number of hydrogen-bond donors (Lipinski definition) is 1. The van der Waals surface area contributed by atoms with Crippen molar-refractivity contribution in [2.24, 2.45) is 0 Å². The minimum Gasteiger partial charge on any atom is -0.487 e. The SMILES string of the molecule is COC(=O)C1CCCN1C(=O)N(C)C[C@H](O)c1cccc(OCc2ccc3ccccc3n2)c1. The molecule has 2 amide bonds. The molecule has 34 heavy (non-hydrogen) atoms. The lowest BCUT2D eigenvalue weighted by molar-refractivity contribution is -0.145. The standard InChI is InChI=1S/C26H29N3O5/c1-28(26(32)29-14-6-11-23(29)25(31)33-2)16-24(30)19-8-5-9-21(15-19)34-17-20-13-12-18-7-3-4-10-22(18)27-20/h3-5,7-10,12-13,15,23-24,30H,6,11,14,16-17H2,1-2H3/t23?,24-/m0/s1. The van der Waals surface area contributed by atoms with Crippen LogP contribution < -0.4 is 4.74 Å². The van der Waals surface area contributed by atoms with Crippen LogP contribution >= 0.6 is 0 Å². The number of methoxy groups -OCH3 is 1. The summed E-state index contributed by atoms with van der Waals surface area (Å²) in [5.74, 6) is 0.191. The Hall–Kier alpha value is -3.65. The Bertz CT molecular complexity index is 1170. The van der Waals surface area contributed by atoms with E-state index in [0.29, 0.717) is 30.9 Å². The fourth-order valence-corrected chi connectivity index (χ4v) is 4.20. The summed E-state index contributed by atoms with van der Waals surface area (Å²) in [4.78, 5) is 32.4. The van der Waals surface area contributed by atoms with Crippen LogP contribution in [0.25, 0.3) is 10.9 Å². The van der Waals surface area contributed by atoms with Gasteiger partial charge in [0, 0.05) is 19.0 Å². The quantitative estimate of drug-likeness (QED) is 0.539. The number of urea groups is 1. The van der Waals surface area contributed by atoms with Crippen LogP contribution in [0.1, 0.15) is 30.2 Å². The molecule has 1 N–H and O–H groups in total. The van der Waals surface area contributed by atoms with Crippen molar-refractivity contribution < 1.29 is 24.2 Å². The highest BCUT2D eigenvalue weighted by atomic mass is 16.5. The first kappa shape index (κ1) is 23.5. The number of ether oxygens (including phenoxy) is 2. The van der Waals surface area contributed by atoms with Crippen LogP contribution in [-0.2, 0) is 16.1 Å². The third-order valence-electron chi connectivity index (χ3n) is 6.03. The number of likely N-dealkylation sites (N-methyl/N-ethyl adjacent to an activating group) is 1. The van der Waals surface area contributed by atoms with Gasteiger partial charge in [0.1, 0.15) is 18.4 Å². The van der Waals surface area contributed by atoms with Gasteiger partial charge in [-0.15, -0.1) is 0 Å². The molecule has 0 radical (unpaired) electrons. The van der Waals surface area contributed by atoms with Crippen molar-refractivity contribution in [1.82, 2.24) is 14.8 Å². The van der Waals surface area contributed by atoms with Crippen LogP contribution in [0.4, 0.5) is 4.79 Å². The molecule has 4 rings (SSSR count). The number of fused-ring (bicyclic) bond motifs is 1. The molecule has 8 heteroatoms. The molecule has 178 valence electrons. The van der Waals surface area contributed by atoms with E-state index in [1.54, 1.807) is 25.2 Å². The summed E-state index contributed by atoms with van der Waals surface area (Å²) in [6, 6.07) is 18.1. The Kier molecular flexibility index (Phi) is 7.27. The first-order valence-electron chi connectivity index (χ1n) is 11.3. The number of esters is 1. The maximum Gasteiger partial charge on any atom is 0.328 e. The summed E-state index contributed by atoms with van der Waals surface area (Å²) < 4.78 is 10.7. The van der Waals surface area contributed by atoms with Crippen LogP contribution in [0.2, 0.25) is 0 Å². The number of pyridine rings is 1. The fourth-order valence-electron chi connectivity index (χ4n) is 4.20. The van der Waals surface area contributed by atoms with Gasteiger partial charge in [0.2, 0.25) is 0 Å². The maximum atomic E-state index is 12.9. The van der Waals surface area contributed by atoms with Gasteiger partial charge >= 0.3 is 12.0 Å². The van der Waals surface area contributed by atoms with Gasteiger partial charge in [-0.3, -0.25) is 0 Å². The molecule has 1 aliphatic rings. The molecule has 0 aliphatic carbocycles. The lowest BCUT2D eigenvalue weighted by Gasteiger charge is -2.29. The zero-order valence-corrected chi connectivity index (χ0v) is 19.4. The lowest BCUT2D eigenvalue weighted by Crippen LogP contribution is -2.47. The van der Waals surface area contributed by atoms with Gasteiger partial charge in [0.15, 0.2) is 0 Å². The molecule has 1 aromatic heterocycles. The molecule has 1 unspecified atom stereocenters. The first-order valence-corrected chi connectivity index (χ1v) is 11.3. The van der Waals surface area contributed by atoms with E-state index in [4.69, 9.17) is 9.47 Å². The van der Waals surface area contributed by atoms with E-state index in [1.807, 2.05) is 42.5 Å². The van der Waals surface area contributed by atoms with Crippen LogP contribution in [-0.4, -0.2) is 65.2 Å². The summed E-state index contributed by atoms with van der Waals surface area (Å²) >= 11 is 0. The topological polar surface area (TPSA) is 92.2 Å². The van der Waals surface area contributed by atoms with Crippen molar-refractivity contribution >= 4 is 22.9 Å². The monoisotopic (exact) mass is 463 g/mol. The van der Waals surface area contributed by atoms with Crippen LogP contribution in [0, 0.1) is 0 Å². The molecule has 1 fully saturated rings. The Morgan fingerprint density at radius 1 is 1.18 bits per heavy atom. The van der Waals surface area contributed by atoms with E-state index in [-0.39, 0.29) is 12.6 Å². The van der Waals surface area contributed by atoms with E-state index in [0.717, 1.165) is 23.0 Å². The van der Waals surface area contributed by atoms with E-state index in [9.17, 15) is 14.7 Å². The average Bonchev–Trinajstić information content (AvgIpc) is 3.36. The zero-order valence-electron chi connectivity index (χ0n) is 19.4. The van der Waals surface area contributed by atoms with E-state index >= 15 is 0 Å². The molecular formula is C26H29N3O5. The highest BCUT2D eigenvalue weighted by Gasteiger charge is 2.36. The molecule has 0 bridgehead atoms. The largest absolute Gasteiger partial charge is 0.487 e. The number of carbonyl (C=O) groups excluding carboxylic acids is 2. The molecule has 3 aromatic rings. The third kappa shape index (κ3) is 5.28. The van der Waals surface area contributed by atoms with Crippen molar-refractivity contribution in [3.8, 4) is 5.75 Å². The van der Waals surface area contributed by atoms with Crippen molar-refractivity contribution in [3.63, 3.8) is 0 Å². The van der Waals surface area contributed by atoms with Crippen LogP contribution in [0.5, 0.6) is 5.75 Å². The van der Waals surface area contributed by atoms with Crippen molar-refractivity contribution in [2.45, 2.75) is 31.6 Å². The maximum absolute atomic E-state index is 12.9. The number of aliphatic hydroxyl groups excluding tert-OH is 1. The lowest BCUT2D eigenvalue weighted by atomic mass is 10.1. The Morgan fingerprint density at radius 3 is 2.82 bits per heavy atom. The molecule has 2 aromatic carbocycles. The second-order valence-corrected chi connectivity index (χ2v) is 8.41. The van der Waals surface area contributed by atoms with E-state index in [1.165, 1.54) is 16.9 Å². The molecule has 2 atom stereocenters. The molecule has 1 aliphatic heterocycles. The number of nitrogens with zero attached hydrogens (tertiary/aromatic N) is 3. The number of amides is 2. The zero-order chi connectivity index (χ0) is 24.1. The van der Waals surface area contributed by atoms with Gasteiger partial charge in [-0.1, -0.05) is 36.4 Å². The number of aromatic nitrogens is 1. The third-order valence-corrected chi connectivity index (χ3v) is 6.03. The summed E-state index contributed by atoms with van der Waals surface area (Å²) in [6.07, 6.45) is 0.420. The van der Waals surface area contributed by atoms with Gasteiger partial charge < -0.3 is 24.4 Å². The smallest absolute Gasteiger partial charge is 0.328 e. The second-order valence-electron chi connectivity index (χ2n) is 8.41.